The van der Waals surface area contributed by atoms with Gasteiger partial charge in [0.15, 0.2) is 9.84 Å². The maximum Gasteiger partial charge on any atom is 0.150 e. The van der Waals surface area contributed by atoms with Crippen molar-refractivity contribution in [2.75, 3.05) is 18.1 Å². The van der Waals surface area contributed by atoms with E-state index in [9.17, 15) is 8.42 Å². The standard InChI is InChI=1S/C12H22N4O2S/c1-2-4-16-12(14-9-15-16)6-11(7-13)10-3-5-19(17,18)8-10/h9-11H,2-8,13H2,1H3. The Morgan fingerprint density at radius 2 is 2.37 bits per heavy atom. The molecule has 1 aromatic heterocycles. The fourth-order valence-electron chi connectivity index (χ4n) is 2.72. The van der Waals surface area contributed by atoms with Gasteiger partial charge in [-0.3, -0.25) is 4.68 Å². The molecule has 7 heteroatoms. The van der Waals surface area contributed by atoms with Gasteiger partial charge in [-0.25, -0.2) is 13.4 Å². The lowest BCUT2D eigenvalue weighted by atomic mass is 9.89. The smallest absolute Gasteiger partial charge is 0.150 e. The summed E-state index contributed by atoms with van der Waals surface area (Å²) in [7, 11) is -2.85. The molecule has 108 valence electrons. The van der Waals surface area contributed by atoms with Crippen LogP contribution in [-0.2, 0) is 22.8 Å². The average molecular weight is 286 g/mol. The Labute approximate surface area is 114 Å². The molecule has 1 aliphatic rings. The molecule has 1 aromatic rings. The molecule has 2 rings (SSSR count). The van der Waals surface area contributed by atoms with E-state index in [0.717, 1.165) is 31.6 Å². The Balaban J connectivity index is 2.05. The van der Waals surface area contributed by atoms with E-state index in [1.54, 1.807) is 6.33 Å². The third-order valence-electron chi connectivity index (χ3n) is 3.81. The first-order valence-electron chi connectivity index (χ1n) is 6.83. The lowest BCUT2D eigenvalue weighted by Gasteiger charge is -2.20. The van der Waals surface area contributed by atoms with Crippen LogP contribution in [-0.4, -0.2) is 41.2 Å². The highest BCUT2D eigenvalue weighted by Gasteiger charge is 2.33. The number of nitrogens with zero attached hydrogens (tertiary/aromatic N) is 3. The molecule has 0 amide bonds. The fourth-order valence-corrected chi connectivity index (χ4v) is 4.64. The second-order valence-electron chi connectivity index (χ2n) is 5.26. The second-order valence-corrected chi connectivity index (χ2v) is 7.49. The summed E-state index contributed by atoms with van der Waals surface area (Å²) < 4.78 is 25.0. The predicted octanol–water partition coefficient (Wildman–Crippen LogP) is 0.240. The van der Waals surface area contributed by atoms with Crippen LogP contribution in [0.1, 0.15) is 25.6 Å². The summed E-state index contributed by atoms with van der Waals surface area (Å²) in [6.45, 7) is 3.43. The molecule has 0 spiro atoms. The predicted molar refractivity (Wildman–Crippen MR) is 73.3 cm³/mol. The first kappa shape index (κ1) is 14.5. The van der Waals surface area contributed by atoms with Crippen LogP contribution in [0.5, 0.6) is 0 Å². The van der Waals surface area contributed by atoms with Crippen molar-refractivity contribution in [3.05, 3.63) is 12.2 Å². The van der Waals surface area contributed by atoms with E-state index in [1.165, 1.54) is 0 Å². The van der Waals surface area contributed by atoms with Gasteiger partial charge in [-0.2, -0.15) is 5.10 Å². The largest absolute Gasteiger partial charge is 0.330 e. The van der Waals surface area contributed by atoms with Crippen LogP contribution in [0, 0.1) is 11.8 Å². The fraction of sp³-hybridized carbons (Fsp3) is 0.833. The van der Waals surface area contributed by atoms with Crippen LogP contribution >= 0.6 is 0 Å². The van der Waals surface area contributed by atoms with E-state index in [-0.39, 0.29) is 17.6 Å². The highest BCUT2D eigenvalue weighted by molar-refractivity contribution is 7.91. The van der Waals surface area contributed by atoms with Gasteiger partial charge >= 0.3 is 0 Å². The third-order valence-corrected chi connectivity index (χ3v) is 5.61. The highest BCUT2D eigenvalue weighted by atomic mass is 32.2. The van der Waals surface area contributed by atoms with Crippen LogP contribution in [0.3, 0.4) is 0 Å². The lowest BCUT2D eigenvalue weighted by molar-refractivity contribution is 0.357. The normalized spacial score (nSPS) is 23.6. The molecule has 0 aromatic carbocycles. The van der Waals surface area contributed by atoms with Gasteiger partial charge in [-0.05, 0) is 31.2 Å². The molecule has 1 fully saturated rings. The summed E-state index contributed by atoms with van der Waals surface area (Å²) in [5.41, 5.74) is 5.83. The summed E-state index contributed by atoms with van der Waals surface area (Å²) >= 11 is 0. The molecule has 0 radical (unpaired) electrons. The molecule has 1 saturated heterocycles. The summed E-state index contributed by atoms with van der Waals surface area (Å²) in [6.07, 6.45) is 4.01. The maximum atomic E-state index is 11.6. The van der Waals surface area contributed by atoms with Gasteiger partial charge < -0.3 is 5.73 Å². The van der Waals surface area contributed by atoms with E-state index in [1.807, 2.05) is 4.68 Å². The van der Waals surface area contributed by atoms with Crippen molar-refractivity contribution in [1.82, 2.24) is 14.8 Å². The zero-order chi connectivity index (χ0) is 13.9. The van der Waals surface area contributed by atoms with Crippen molar-refractivity contribution in [1.29, 1.82) is 0 Å². The monoisotopic (exact) mass is 286 g/mol. The quantitative estimate of drug-likeness (QED) is 0.809. The van der Waals surface area contributed by atoms with E-state index in [4.69, 9.17) is 5.73 Å². The van der Waals surface area contributed by atoms with Gasteiger partial charge in [0.25, 0.3) is 0 Å². The van der Waals surface area contributed by atoms with Crippen LogP contribution in [0.25, 0.3) is 0 Å². The minimum atomic E-state index is -2.85. The second kappa shape index (κ2) is 6.00. The SMILES string of the molecule is CCCn1ncnc1CC(CN)C1CCS(=O)(=O)C1. The minimum Gasteiger partial charge on any atom is -0.330 e. The molecule has 19 heavy (non-hydrogen) atoms. The summed E-state index contributed by atoms with van der Waals surface area (Å²) in [5, 5.41) is 4.19. The number of aryl methyl sites for hydroxylation is 1. The Kier molecular flexibility index (Phi) is 4.57. The maximum absolute atomic E-state index is 11.6. The molecule has 2 N–H and O–H groups in total. The molecule has 6 nitrogen and oxygen atoms in total. The molecule has 0 aliphatic carbocycles. The van der Waals surface area contributed by atoms with E-state index in [2.05, 4.69) is 17.0 Å². The lowest BCUT2D eigenvalue weighted by Crippen LogP contribution is -2.27. The average Bonchev–Trinajstić information content (AvgIpc) is 2.93. The molecular weight excluding hydrogens is 264 g/mol. The van der Waals surface area contributed by atoms with Crippen LogP contribution in [0.2, 0.25) is 0 Å². The Hall–Kier alpha value is -0.950. The number of hydrogen-bond acceptors (Lipinski definition) is 5. The summed E-state index contributed by atoms with van der Waals surface area (Å²) in [4.78, 5) is 4.28. The number of hydrogen-bond donors (Lipinski definition) is 1. The topological polar surface area (TPSA) is 90.9 Å². The van der Waals surface area contributed by atoms with Gasteiger partial charge in [-0.15, -0.1) is 0 Å². The zero-order valence-electron chi connectivity index (χ0n) is 11.3. The first-order chi connectivity index (χ1) is 9.05. The van der Waals surface area contributed by atoms with Crippen LogP contribution < -0.4 is 5.73 Å². The van der Waals surface area contributed by atoms with E-state index < -0.39 is 9.84 Å². The Bertz CT molecular complexity index is 512. The van der Waals surface area contributed by atoms with Gasteiger partial charge in [0, 0.05) is 13.0 Å². The van der Waals surface area contributed by atoms with Gasteiger partial charge in [0.05, 0.1) is 11.5 Å². The van der Waals surface area contributed by atoms with Crippen molar-refractivity contribution in [2.45, 2.75) is 32.7 Å². The zero-order valence-corrected chi connectivity index (χ0v) is 12.1. The Morgan fingerprint density at radius 1 is 1.58 bits per heavy atom. The Morgan fingerprint density at radius 3 is 2.95 bits per heavy atom. The third kappa shape index (κ3) is 3.54. The number of nitrogens with two attached hydrogens (primary N) is 1. The van der Waals surface area contributed by atoms with E-state index >= 15 is 0 Å². The van der Waals surface area contributed by atoms with Crippen molar-refractivity contribution in [3.8, 4) is 0 Å². The molecule has 0 bridgehead atoms. The molecule has 2 unspecified atom stereocenters. The van der Waals surface area contributed by atoms with Crippen LogP contribution in [0.15, 0.2) is 6.33 Å². The van der Waals surface area contributed by atoms with Crippen molar-refractivity contribution in [2.24, 2.45) is 17.6 Å². The number of sulfone groups is 1. The molecular formula is C12H22N4O2S. The van der Waals surface area contributed by atoms with Gasteiger partial charge in [0.1, 0.15) is 12.2 Å². The number of aromatic nitrogens is 3. The molecule has 0 saturated carbocycles. The van der Waals surface area contributed by atoms with Crippen molar-refractivity contribution >= 4 is 9.84 Å². The highest BCUT2D eigenvalue weighted by Crippen LogP contribution is 2.27. The van der Waals surface area contributed by atoms with Gasteiger partial charge in [-0.1, -0.05) is 6.92 Å². The van der Waals surface area contributed by atoms with E-state index in [0.29, 0.717) is 12.3 Å². The molecule has 2 heterocycles. The molecule has 2 atom stereocenters. The van der Waals surface area contributed by atoms with Crippen molar-refractivity contribution < 1.29 is 8.42 Å². The van der Waals surface area contributed by atoms with Crippen LogP contribution in [0.4, 0.5) is 0 Å². The van der Waals surface area contributed by atoms with Gasteiger partial charge in [0.2, 0.25) is 0 Å². The van der Waals surface area contributed by atoms with Crippen molar-refractivity contribution in [3.63, 3.8) is 0 Å². The summed E-state index contributed by atoms with van der Waals surface area (Å²) in [6, 6.07) is 0. The number of rotatable bonds is 6. The molecule has 1 aliphatic heterocycles. The first-order valence-corrected chi connectivity index (χ1v) is 8.65. The minimum absolute atomic E-state index is 0.168. The summed E-state index contributed by atoms with van der Waals surface area (Å²) in [5.74, 6) is 1.84.